The molecule has 0 unspecified atom stereocenters. The molecule has 0 radical (unpaired) electrons. The number of rotatable bonds is 5. The molecule has 1 saturated heterocycles. The van der Waals surface area contributed by atoms with Crippen LogP contribution in [0.25, 0.3) is 0 Å². The van der Waals surface area contributed by atoms with E-state index in [1.807, 2.05) is 55.1 Å². The first-order valence-corrected chi connectivity index (χ1v) is 9.37. The molecule has 1 aliphatic rings. The van der Waals surface area contributed by atoms with Crippen molar-refractivity contribution in [3.05, 3.63) is 60.3 Å². The summed E-state index contributed by atoms with van der Waals surface area (Å²) in [6, 6.07) is 14.3. The highest BCUT2D eigenvalue weighted by Crippen LogP contribution is 2.15. The molecule has 1 aliphatic heterocycles. The van der Waals surface area contributed by atoms with Crippen molar-refractivity contribution < 1.29 is 9.59 Å². The van der Waals surface area contributed by atoms with Crippen LogP contribution in [0, 0.1) is 5.92 Å². The zero-order chi connectivity index (χ0) is 19.2. The van der Waals surface area contributed by atoms with Gasteiger partial charge in [-0.1, -0.05) is 38.1 Å². The normalized spacial score (nSPS) is 15.5. The lowest BCUT2D eigenvalue weighted by molar-refractivity contribution is -0.134. The number of carbonyl (C=O) groups excluding carboxylic acids is 2. The van der Waals surface area contributed by atoms with Gasteiger partial charge in [-0.05, 0) is 30.2 Å². The third-order valence-electron chi connectivity index (χ3n) is 4.82. The number of piperazine rings is 1. The Kier molecular flexibility index (Phi) is 6.06. The minimum absolute atomic E-state index is 0.0129. The lowest BCUT2D eigenvalue weighted by Crippen LogP contribution is -2.56. The molecule has 1 aromatic carbocycles. The highest BCUT2D eigenvalue weighted by Gasteiger charge is 2.31. The van der Waals surface area contributed by atoms with Gasteiger partial charge in [0.2, 0.25) is 5.91 Å². The fourth-order valence-corrected chi connectivity index (χ4v) is 3.22. The third-order valence-corrected chi connectivity index (χ3v) is 4.82. The van der Waals surface area contributed by atoms with E-state index in [2.05, 4.69) is 15.2 Å². The molecular weight excluding hydrogens is 340 g/mol. The van der Waals surface area contributed by atoms with Gasteiger partial charge in [-0.2, -0.15) is 0 Å². The van der Waals surface area contributed by atoms with Gasteiger partial charge in [-0.25, -0.2) is 4.98 Å². The number of aromatic nitrogens is 1. The van der Waals surface area contributed by atoms with Crippen molar-refractivity contribution >= 4 is 17.6 Å². The lowest BCUT2D eigenvalue weighted by Gasteiger charge is -2.37. The van der Waals surface area contributed by atoms with Crippen LogP contribution >= 0.6 is 0 Å². The van der Waals surface area contributed by atoms with E-state index in [0.29, 0.717) is 18.7 Å². The summed E-state index contributed by atoms with van der Waals surface area (Å²) >= 11 is 0. The van der Waals surface area contributed by atoms with Crippen LogP contribution in [0.1, 0.15) is 24.2 Å². The number of hydrogen-bond donors (Lipinski definition) is 1. The second-order valence-corrected chi connectivity index (χ2v) is 7.06. The SMILES string of the molecule is CC(C)[C@@H](NC(=O)c1ccccc1)C(=O)N1CCN(c2ccccn2)CC1. The van der Waals surface area contributed by atoms with E-state index in [1.54, 1.807) is 18.3 Å². The van der Waals surface area contributed by atoms with Crippen LogP contribution in [0.2, 0.25) is 0 Å². The van der Waals surface area contributed by atoms with E-state index in [4.69, 9.17) is 0 Å². The van der Waals surface area contributed by atoms with Crippen molar-refractivity contribution in [2.24, 2.45) is 5.92 Å². The van der Waals surface area contributed by atoms with E-state index in [-0.39, 0.29) is 17.7 Å². The quantitative estimate of drug-likeness (QED) is 0.881. The number of hydrogen-bond acceptors (Lipinski definition) is 4. The van der Waals surface area contributed by atoms with Gasteiger partial charge >= 0.3 is 0 Å². The van der Waals surface area contributed by atoms with Gasteiger partial charge in [0.1, 0.15) is 11.9 Å². The Morgan fingerprint density at radius 3 is 2.22 bits per heavy atom. The number of anilines is 1. The highest BCUT2D eigenvalue weighted by molar-refractivity contribution is 5.97. The molecule has 0 bridgehead atoms. The van der Waals surface area contributed by atoms with E-state index < -0.39 is 6.04 Å². The lowest BCUT2D eigenvalue weighted by atomic mass is 10.0. The second kappa shape index (κ2) is 8.66. The zero-order valence-corrected chi connectivity index (χ0v) is 15.8. The molecule has 6 heteroatoms. The number of benzene rings is 1. The van der Waals surface area contributed by atoms with Crippen LogP contribution in [0.15, 0.2) is 54.7 Å². The van der Waals surface area contributed by atoms with E-state index in [9.17, 15) is 9.59 Å². The smallest absolute Gasteiger partial charge is 0.251 e. The predicted molar refractivity (Wildman–Crippen MR) is 106 cm³/mol. The molecule has 1 aromatic heterocycles. The van der Waals surface area contributed by atoms with Crippen LogP contribution < -0.4 is 10.2 Å². The van der Waals surface area contributed by atoms with Gasteiger partial charge in [-0.15, -0.1) is 0 Å². The summed E-state index contributed by atoms with van der Waals surface area (Å²) in [5.41, 5.74) is 0.566. The van der Waals surface area contributed by atoms with Crippen LogP contribution in [0.4, 0.5) is 5.82 Å². The number of amides is 2. The number of pyridine rings is 1. The monoisotopic (exact) mass is 366 g/mol. The average Bonchev–Trinajstić information content (AvgIpc) is 2.72. The Balaban J connectivity index is 1.61. The van der Waals surface area contributed by atoms with Crippen molar-refractivity contribution in [3.8, 4) is 0 Å². The standard InChI is InChI=1S/C21H26N4O2/c1-16(2)19(23-20(26)17-8-4-3-5-9-17)21(27)25-14-12-24(13-15-25)18-10-6-7-11-22-18/h3-11,16,19H,12-15H2,1-2H3,(H,23,26)/t19-/m1/s1. The third kappa shape index (κ3) is 4.64. The number of nitrogens with zero attached hydrogens (tertiary/aromatic N) is 3. The van der Waals surface area contributed by atoms with Gasteiger partial charge in [-0.3, -0.25) is 9.59 Å². The van der Waals surface area contributed by atoms with Gasteiger partial charge in [0.25, 0.3) is 5.91 Å². The summed E-state index contributed by atoms with van der Waals surface area (Å²) in [6.45, 7) is 6.63. The Labute approximate surface area is 160 Å². The van der Waals surface area contributed by atoms with Crippen molar-refractivity contribution in [2.75, 3.05) is 31.1 Å². The maximum absolute atomic E-state index is 13.0. The fraction of sp³-hybridized carbons (Fsp3) is 0.381. The molecule has 2 amide bonds. The first-order chi connectivity index (χ1) is 13.1. The van der Waals surface area contributed by atoms with Crippen LogP contribution in [0.3, 0.4) is 0 Å². The molecule has 2 aromatic rings. The molecular formula is C21H26N4O2. The summed E-state index contributed by atoms with van der Waals surface area (Å²) in [4.78, 5) is 33.9. The molecule has 1 fully saturated rings. The Hall–Kier alpha value is -2.89. The molecule has 3 rings (SSSR count). The van der Waals surface area contributed by atoms with Crippen LogP contribution in [-0.2, 0) is 4.79 Å². The Bertz CT molecular complexity index is 756. The summed E-state index contributed by atoms with van der Waals surface area (Å²) in [5, 5.41) is 2.92. The van der Waals surface area contributed by atoms with Gasteiger partial charge in [0.05, 0.1) is 0 Å². The summed E-state index contributed by atoms with van der Waals surface area (Å²) < 4.78 is 0. The maximum Gasteiger partial charge on any atom is 0.251 e. The van der Waals surface area contributed by atoms with E-state index >= 15 is 0 Å². The topological polar surface area (TPSA) is 65.5 Å². The first-order valence-electron chi connectivity index (χ1n) is 9.37. The molecule has 1 N–H and O–H groups in total. The average molecular weight is 366 g/mol. The fourth-order valence-electron chi connectivity index (χ4n) is 3.22. The summed E-state index contributed by atoms with van der Waals surface area (Å²) in [6.07, 6.45) is 1.78. The number of nitrogens with one attached hydrogen (secondary N) is 1. The molecule has 142 valence electrons. The van der Waals surface area contributed by atoms with Crippen molar-refractivity contribution in [1.29, 1.82) is 0 Å². The summed E-state index contributed by atoms with van der Waals surface area (Å²) in [5.74, 6) is 0.714. The number of carbonyl (C=O) groups is 2. The second-order valence-electron chi connectivity index (χ2n) is 7.06. The van der Waals surface area contributed by atoms with Crippen molar-refractivity contribution in [1.82, 2.24) is 15.2 Å². The molecule has 0 spiro atoms. The Morgan fingerprint density at radius 2 is 1.63 bits per heavy atom. The minimum Gasteiger partial charge on any atom is -0.353 e. The highest BCUT2D eigenvalue weighted by atomic mass is 16.2. The minimum atomic E-state index is -0.529. The van der Waals surface area contributed by atoms with E-state index in [1.165, 1.54) is 0 Å². The summed E-state index contributed by atoms with van der Waals surface area (Å²) in [7, 11) is 0. The van der Waals surface area contributed by atoms with Gasteiger partial charge in [0.15, 0.2) is 0 Å². The molecule has 0 saturated carbocycles. The molecule has 0 aliphatic carbocycles. The molecule has 27 heavy (non-hydrogen) atoms. The van der Waals surface area contributed by atoms with Gasteiger partial charge in [0, 0.05) is 37.9 Å². The molecule has 2 heterocycles. The van der Waals surface area contributed by atoms with Crippen molar-refractivity contribution in [3.63, 3.8) is 0 Å². The first kappa shape index (κ1) is 18.9. The Morgan fingerprint density at radius 1 is 0.963 bits per heavy atom. The van der Waals surface area contributed by atoms with Gasteiger partial charge < -0.3 is 15.1 Å². The zero-order valence-electron chi connectivity index (χ0n) is 15.8. The largest absolute Gasteiger partial charge is 0.353 e. The predicted octanol–water partition coefficient (Wildman–Crippen LogP) is 2.18. The van der Waals surface area contributed by atoms with Crippen LogP contribution in [-0.4, -0.2) is 53.9 Å². The molecule has 1 atom stereocenters. The van der Waals surface area contributed by atoms with Crippen LogP contribution in [0.5, 0.6) is 0 Å². The molecule has 6 nitrogen and oxygen atoms in total. The maximum atomic E-state index is 13.0. The van der Waals surface area contributed by atoms with Crippen molar-refractivity contribution in [2.45, 2.75) is 19.9 Å². The van der Waals surface area contributed by atoms with E-state index in [0.717, 1.165) is 18.9 Å².